The molecule has 9 heteroatoms. The SMILES string of the molecule is Cc1ccc(C(c2[nH]c3ccccc3c2CCNC(=O)Nc2cc(F)cc(F)c2)c2c(O)c3ccccc3n(C)c2=O)cc1. The first kappa shape index (κ1) is 28.7. The largest absolute Gasteiger partial charge is 0.507 e. The van der Waals surface area contributed by atoms with Crippen LogP contribution in [0.4, 0.5) is 19.3 Å². The molecule has 0 aliphatic carbocycles. The number of benzene rings is 4. The molecule has 222 valence electrons. The van der Waals surface area contributed by atoms with E-state index in [1.54, 1.807) is 23.7 Å². The number of nitrogens with one attached hydrogen (secondary N) is 3. The number of anilines is 1. The number of para-hydroxylation sites is 2. The highest BCUT2D eigenvalue weighted by Gasteiger charge is 2.30. The van der Waals surface area contributed by atoms with Crippen molar-refractivity contribution in [2.24, 2.45) is 7.05 Å². The number of aromatic hydroxyl groups is 1. The Morgan fingerprint density at radius 1 is 0.932 bits per heavy atom. The highest BCUT2D eigenvalue weighted by molar-refractivity contribution is 5.90. The zero-order valence-electron chi connectivity index (χ0n) is 24.1. The van der Waals surface area contributed by atoms with Crippen molar-refractivity contribution in [1.29, 1.82) is 0 Å². The number of fused-ring (bicyclic) bond motifs is 2. The van der Waals surface area contributed by atoms with Gasteiger partial charge in [0, 0.05) is 47.3 Å². The fraction of sp³-hybridized carbons (Fsp3) is 0.143. The standard InChI is InChI=1S/C35H30F2N4O3/c1-20-11-13-21(14-12-20)30(31-33(42)27-8-4-6-10-29(27)41(2)34(31)43)32-26(25-7-3-5-9-28(25)40-32)15-16-38-35(44)39-24-18-22(36)17-23(37)19-24/h3-14,17-19,30,40,42H,15-16H2,1-2H3,(H2,38,39,44). The van der Waals surface area contributed by atoms with Crippen molar-refractivity contribution >= 4 is 33.5 Å². The maximum atomic E-state index is 14.0. The average molecular weight is 593 g/mol. The quantitative estimate of drug-likeness (QED) is 0.163. The van der Waals surface area contributed by atoms with Crippen LogP contribution in [0.25, 0.3) is 21.8 Å². The molecule has 2 heterocycles. The molecule has 6 rings (SSSR count). The third kappa shape index (κ3) is 5.40. The van der Waals surface area contributed by atoms with E-state index in [0.717, 1.165) is 45.8 Å². The molecule has 0 aliphatic rings. The number of pyridine rings is 1. The Morgan fingerprint density at radius 2 is 1.59 bits per heavy atom. The minimum atomic E-state index is -0.797. The first-order chi connectivity index (χ1) is 21.2. The molecule has 1 unspecified atom stereocenters. The number of H-pyrrole nitrogens is 1. The fourth-order valence-corrected chi connectivity index (χ4v) is 5.84. The number of aromatic nitrogens is 2. The molecule has 0 spiro atoms. The van der Waals surface area contributed by atoms with Crippen LogP contribution >= 0.6 is 0 Å². The number of aromatic amines is 1. The topological polar surface area (TPSA) is 99.2 Å². The van der Waals surface area contributed by atoms with Gasteiger partial charge in [-0.15, -0.1) is 0 Å². The molecule has 2 aromatic heterocycles. The van der Waals surface area contributed by atoms with Gasteiger partial charge in [-0.2, -0.15) is 0 Å². The van der Waals surface area contributed by atoms with Crippen molar-refractivity contribution in [3.05, 3.63) is 141 Å². The number of urea groups is 1. The second-order valence-electron chi connectivity index (χ2n) is 10.8. The lowest BCUT2D eigenvalue weighted by atomic mass is 9.85. The summed E-state index contributed by atoms with van der Waals surface area (Å²) < 4.78 is 28.7. The predicted octanol–water partition coefficient (Wildman–Crippen LogP) is 6.86. The normalized spacial score (nSPS) is 12.0. The maximum Gasteiger partial charge on any atom is 0.319 e. The molecule has 6 aromatic rings. The fourth-order valence-electron chi connectivity index (χ4n) is 5.84. The first-order valence-corrected chi connectivity index (χ1v) is 14.2. The zero-order valence-corrected chi connectivity index (χ0v) is 24.1. The number of rotatable bonds is 7. The van der Waals surface area contributed by atoms with Gasteiger partial charge in [0.25, 0.3) is 5.56 Å². The summed E-state index contributed by atoms with van der Waals surface area (Å²) >= 11 is 0. The molecular weight excluding hydrogens is 562 g/mol. The second-order valence-corrected chi connectivity index (χ2v) is 10.8. The van der Waals surface area contributed by atoms with Gasteiger partial charge in [0.2, 0.25) is 0 Å². The summed E-state index contributed by atoms with van der Waals surface area (Å²) in [5.41, 5.74) is 4.80. The summed E-state index contributed by atoms with van der Waals surface area (Å²) in [6.07, 6.45) is 0.362. The van der Waals surface area contributed by atoms with Crippen molar-refractivity contribution in [1.82, 2.24) is 14.9 Å². The lowest BCUT2D eigenvalue weighted by Gasteiger charge is -2.22. The van der Waals surface area contributed by atoms with Crippen molar-refractivity contribution in [3.63, 3.8) is 0 Å². The number of halogens is 2. The van der Waals surface area contributed by atoms with Gasteiger partial charge in [0.1, 0.15) is 17.4 Å². The minimum absolute atomic E-state index is 0.00478. The Balaban J connectivity index is 1.44. The summed E-state index contributed by atoms with van der Waals surface area (Å²) in [4.78, 5) is 30.1. The third-order valence-electron chi connectivity index (χ3n) is 7.93. The van der Waals surface area contributed by atoms with Crippen LogP contribution in [0.2, 0.25) is 0 Å². The summed E-state index contributed by atoms with van der Waals surface area (Å²) in [5, 5.41) is 18.3. The van der Waals surface area contributed by atoms with Crippen LogP contribution in [0.1, 0.15) is 33.9 Å². The minimum Gasteiger partial charge on any atom is -0.507 e. The molecule has 1 atom stereocenters. The molecule has 0 aliphatic heterocycles. The summed E-state index contributed by atoms with van der Waals surface area (Å²) in [5.74, 6) is -2.34. The number of aryl methyl sites for hydroxylation is 2. The summed E-state index contributed by atoms with van der Waals surface area (Å²) in [7, 11) is 1.69. The summed E-state index contributed by atoms with van der Waals surface area (Å²) in [6, 6.07) is 25.0. The molecule has 4 aromatic carbocycles. The van der Waals surface area contributed by atoms with Crippen molar-refractivity contribution in [3.8, 4) is 5.75 Å². The Kier molecular flexibility index (Phi) is 7.61. The van der Waals surface area contributed by atoms with Gasteiger partial charge in [-0.05, 0) is 54.8 Å². The highest BCUT2D eigenvalue weighted by Crippen LogP contribution is 2.41. The van der Waals surface area contributed by atoms with Gasteiger partial charge in [-0.1, -0.05) is 60.2 Å². The molecule has 0 saturated carbocycles. The Bertz CT molecular complexity index is 2060. The van der Waals surface area contributed by atoms with Crippen LogP contribution in [0.5, 0.6) is 5.75 Å². The molecule has 44 heavy (non-hydrogen) atoms. The van der Waals surface area contributed by atoms with E-state index in [2.05, 4.69) is 15.6 Å². The number of hydrogen-bond donors (Lipinski definition) is 4. The second kappa shape index (κ2) is 11.7. The van der Waals surface area contributed by atoms with Crippen LogP contribution in [-0.2, 0) is 13.5 Å². The lowest BCUT2D eigenvalue weighted by molar-refractivity contribution is 0.252. The Hall–Kier alpha value is -5.44. The van der Waals surface area contributed by atoms with Crippen LogP contribution < -0.4 is 16.2 Å². The van der Waals surface area contributed by atoms with Crippen LogP contribution in [0.15, 0.2) is 95.8 Å². The number of hydrogen-bond acceptors (Lipinski definition) is 3. The van der Waals surface area contributed by atoms with E-state index in [4.69, 9.17) is 0 Å². The average Bonchev–Trinajstić information content (AvgIpc) is 3.36. The zero-order chi connectivity index (χ0) is 31.0. The molecule has 2 amide bonds. The maximum absolute atomic E-state index is 14.0. The van der Waals surface area contributed by atoms with E-state index >= 15 is 0 Å². The molecular formula is C35H30F2N4O3. The molecule has 7 nitrogen and oxygen atoms in total. The number of carbonyl (C=O) groups is 1. The monoisotopic (exact) mass is 592 g/mol. The predicted molar refractivity (Wildman–Crippen MR) is 168 cm³/mol. The smallest absolute Gasteiger partial charge is 0.319 e. The van der Waals surface area contributed by atoms with Gasteiger partial charge in [-0.3, -0.25) is 4.79 Å². The number of nitrogens with zero attached hydrogens (tertiary/aromatic N) is 1. The van der Waals surface area contributed by atoms with E-state index in [-0.39, 0.29) is 29.1 Å². The van der Waals surface area contributed by atoms with Gasteiger partial charge in [0.15, 0.2) is 0 Å². The molecule has 0 saturated heterocycles. The van der Waals surface area contributed by atoms with Gasteiger partial charge in [0.05, 0.1) is 17.0 Å². The molecule has 0 radical (unpaired) electrons. The lowest BCUT2D eigenvalue weighted by Crippen LogP contribution is -2.31. The van der Waals surface area contributed by atoms with Crippen LogP contribution in [0.3, 0.4) is 0 Å². The van der Waals surface area contributed by atoms with E-state index in [1.165, 1.54) is 0 Å². The Labute approximate surface area is 251 Å². The van der Waals surface area contributed by atoms with Gasteiger partial charge < -0.3 is 25.3 Å². The van der Waals surface area contributed by atoms with Crippen molar-refractivity contribution in [2.75, 3.05) is 11.9 Å². The van der Waals surface area contributed by atoms with E-state index in [0.29, 0.717) is 23.0 Å². The molecule has 4 N–H and O–H groups in total. The van der Waals surface area contributed by atoms with E-state index < -0.39 is 23.6 Å². The van der Waals surface area contributed by atoms with Crippen molar-refractivity contribution in [2.45, 2.75) is 19.3 Å². The van der Waals surface area contributed by atoms with Crippen LogP contribution in [0, 0.1) is 18.6 Å². The summed E-state index contributed by atoms with van der Waals surface area (Å²) in [6.45, 7) is 2.16. The van der Waals surface area contributed by atoms with E-state index in [9.17, 15) is 23.5 Å². The number of amides is 2. The van der Waals surface area contributed by atoms with Gasteiger partial charge >= 0.3 is 6.03 Å². The third-order valence-corrected chi connectivity index (χ3v) is 7.93. The Morgan fingerprint density at radius 3 is 2.32 bits per heavy atom. The van der Waals surface area contributed by atoms with E-state index in [1.807, 2.05) is 67.6 Å². The number of carbonyl (C=O) groups excluding carboxylic acids is 1. The molecule has 0 fully saturated rings. The van der Waals surface area contributed by atoms with Crippen LogP contribution in [-0.4, -0.2) is 27.2 Å². The molecule has 0 bridgehead atoms. The highest BCUT2D eigenvalue weighted by atomic mass is 19.1. The van der Waals surface area contributed by atoms with Crippen molar-refractivity contribution < 1.29 is 18.7 Å². The van der Waals surface area contributed by atoms with Gasteiger partial charge in [-0.25, -0.2) is 13.6 Å². The first-order valence-electron chi connectivity index (χ1n) is 14.2.